The molecule has 0 aliphatic rings. The number of ether oxygens (including phenoxy) is 1. The molecule has 0 bridgehead atoms. The fourth-order valence-corrected chi connectivity index (χ4v) is 2.19. The summed E-state index contributed by atoms with van der Waals surface area (Å²) in [7, 11) is 1.12. The zero-order valence-corrected chi connectivity index (χ0v) is 11.4. The molecule has 0 saturated heterocycles. The van der Waals surface area contributed by atoms with Gasteiger partial charge in [-0.2, -0.15) is 13.2 Å². The lowest BCUT2D eigenvalue weighted by atomic mass is 10.0. The number of aliphatic carboxylic acids is 1. The highest BCUT2D eigenvalue weighted by atomic mass is 79.9. The molecule has 0 heterocycles. The molecule has 4 nitrogen and oxygen atoms in total. The van der Waals surface area contributed by atoms with Crippen LogP contribution in [-0.4, -0.2) is 18.2 Å². The van der Waals surface area contributed by atoms with E-state index in [0.717, 1.165) is 13.2 Å². The summed E-state index contributed by atoms with van der Waals surface area (Å²) in [5, 5.41) is 8.61. The Balaban J connectivity index is 3.31. The van der Waals surface area contributed by atoms with Crippen LogP contribution in [0.4, 0.5) is 13.2 Å². The van der Waals surface area contributed by atoms with Crippen LogP contribution in [0.15, 0.2) is 16.6 Å². The molecule has 0 aliphatic heterocycles. The molecule has 0 radical (unpaired) electrons. The van der Waals surface area contributed by atoms with Gasteiger partial charge in [0.2, 0.25) is 0 Å². The van der Waals surface area contributed by atoms with Crippen LogP contribution >= 0.6 is 15.9 Å². The SMILES string of the molecule is COc1c(Br)cc(C(N)CC(=O)O)cc1C(F)(F)F. The van der Waals surface area contributed by atoms with Gasteiger partial charge in [0.15, 0.2) is 0 Å². The number of carbonyl (C=O) groups is 1. The summed E-state index contributed by atoms with van der Waals surface area (Å²) in [6.45, 7) is 0. The van der Waals surface area contributed by atoms with E-state index in [2.05, 4.69) is 15.9 Å². The van der Waals surface area contributed by atoms with Crippen LogP contribution in [0.5, 0.6) is 5.75 Å². The first-order valence-corrected chi connectivity index (χ1v) is 5.88. The summed E-state index contributed by atoms with van der Waals surface area (Å²) in [5.41, 5.74) is 4.63. The van der Waals surface area contributed by atoms with Gasteiger partial charge in [0.1, 0.15) is 5.75 Å². The van der Waals surface area contributed by atoms with E-state index in [1.807, 2.05) is 0 Å². The van der Waals surface area contributed by atoms with E-state index in [-0.39, 0.29) is 15.8 Å². The summed E-state index contributed by atoms with van der Waals surface area (Å²) in [6, 6.07) is 1.10. The van der Waals surface area contributed by atoms with E-state index in [4.69, 9.17) is 15.6 Å². The summed E-state index contributed by atoms with van der Waals surface area (Å²) in [6.07, 6.45) is -5.08. The van der Waals surface area contributed by atoms with Crippen molar-refractivity contribution in [3.63, 3.8) is 0 Å². The van der Waals surface area contributed by atoms with Gasteiger partial charge in [-0.1, -0.05) is 0 Å². The van der Waals surface area contributed by atoms with E-state index in [1.165, 1.54) is 6.07 Å². The van der Waals surface area contributed by atoms with Gasteiger partial charge < -0.3 is 15.6 Å². The lowest BCUT2D eigenvalue weighted by molar-refractivity contribution is -0.139. The van der Waals surface area contributed by atoms with Crippen molar-refractivity contribution in [1.82, 2.24) is 0 Å². The smallest absolute Gasteiger partial charge is 0.420 e. The quantitative estimate of drug-likeness (QED) is 0.883. The molecule has 8 heteroatoms. The number of nitrogens with two attached hydrogens (primary N) is 1. The fourth-order valence-electron chi connectivity index (χ4n) is 1.55. The first-order valence-electron chi connectivity index (χ1n) is 5.08. The van der Waals surface area contributed by atoms with Gasteiger partial charge in [0.25, 0.3) is 0 Å². The van der Waals surface area contributed by atoms with Crippen LogP contribution in [0.25, 0.3) is 0 Å². The maximum absolute atomic E-state index is 12.9. The molecule has 0 fully saturated rings. The average Bonchev–Trinajstić information content (AvgIpc) is 2.25. The summed E-state index contributed by atoms with van der Waals surface area (Å²) in [4.78, 5) is 10.5. The largest absolute Gasteiger partial charge is 0.495 e. The van der Waals surface area contributed by atoms with Crippen molar-refractivity contribution in [3.8, 4) is 5.75 Å². The number of carboxylic acid groups (broad SMARTS) is 1. The number of hydrogen-bond donors (Lipinski definition) is 2. The summed E-state index contributed by atoms with van der Waals surface area (Å²) < 4.78 is 43.4. The predicted molar refractivity (Wildman–Crippen MR) is 64.9 cm³/mol. The molecule has 0 amide bonds. The lowest BCUT2D eigenvalue weighted by Crippen LogP contribution is -2.17. The molecule has 3 N–H and O–H groups in total. The van der Waals surface area contributed by atoms with Gasteiger partial charge in [-0.05, 0) is 33.6 Å². The standard InChI is InChI=1S/C11H11BrF3NO3/c1-19-10-6(11(13,14)15)2-5(3-7(10)12)8(16)4-9(17)18/h2-3,8H,4,16H2,1H3,(H,17,18). The Labute approximate surface area is 115 Å². The number of rotatable bonds is 4. The first-order chi connectivity index (χ1) is 8.66. The van der Waals surface area contributed by atoms with Crippen LogP contribution in [0.1, 0.15) is 23.6 Å². The van der Waals surface area contributed by atoms with Crippen LogP contribution in [0, 0.1) is 0 Å². The van der Waals surface area contributed by atoms with Crippen LogP contribution in [-0.2, 0) is 11.0 Å². The minimum Gasteiger partial charge on any atom is -0.495 e. The highest BCUT2D eigenvalue weighted by Crippen LogP contribution is 2.42. The lowest BCUT2D eigenvalue weighted by Gasteiger charge is -2.17. The second kappa shape index (κ2) is 5.79. The van der Waals surface area contributed by atoms with Crippen molar-refractivity contribution in [2.24, 2.45) is 5.73 Å². The molecule has 1 rings (SSSR count). The van der Waals surface area contributed by atoms with Crippen molar-refractivity contribution < 1.29 is 27.8 Å². The normalized spacial score (nSPS) is 13.2. The Morgan fingerprint density at radius 1 is 1.53 bits per heavy atom. The number of benzene rings is 1. The second-order valence-electron chi connectivity index (χ2n) is 3.79. The molecule has 1 aromatic rings. The topological polar surface area (TPSA) is 72.5 Å². The number of alkyl halides is 3. The van der Waals surface area contributed by atoms with Crippen LogP contribution in [0.3, 0.4) is 0 Å². The third-order valence-corrected chi connectivity index (χ3v) is 2.99. The van der Waals surface area contributed by atoms with E-state index in [1.54, 1.807) is 0 Å². The molecular formula is C11H11BrF3NO3. The molecule has 0 aliphatic carbocycles. The monoisotopic (exact) mass is 341 g/mol. The highest BCUT2D eigenvalue weighted by Gasteiger charge is 2.36. The number of halogens is 4. The van der Waals surface area contributed by atoms with E-state index in [9.17, 15) is 18.0 Å². The van der Waals surface area contributed by atoms with Gasteiger partial charge in [-0.15, -0.1) is 0 Å². The Morgan fingerprint density at radius 3 is 2.53 bits per heavy atom. The Morgan fingerprint density at radius 2 is 2.11 bits per heavy atom. The van der Waals surface area contributed by atoms with E-state index in [0.29, 0.717) is 0 Å². The Hall–Kier alpha value is -1.28. The van der Waals surface area contributed by atoms with E-state index >= 15 is 0 Å². The third kappa shape index (κ3) is 3.84. The Kier molecular flexibility index (Phi) is 4.81. The van der Waals surface area contributed by atoms with Gasteiger partial charge in [-0.3, -0.25) is 4.79 Å². The number of hydrogen-bond acceptors (Lipinski definition) is 3. The first kappa shape index (κ1) is 15.8. The third-order valence-electron chi connectivity index (χ3n) is 2.40. The van der Waals surface area contributed by atoms with Crippen LogP contribution < -0.4 is 10.5 Å². The zero-order chi connectivity index (χ0) is 14.8. The second-order valence-corrected chi connectivity index (χ2v) is 4.64. The van der Waals surface area contributed by atoms with Crippen molar-refractivity contribution >= 4 is 21.9 Å². The fraction of sp³-hybridized carbons (Fsp3) is 0.364. The molecular weight excluding hydrogens is 331 g/mol. The maximum Gasteiger partial charge on any atom is 0.420 e. The zero-order valence-electron chi connectivity index (χ0n) is 9.79. The minimum absolute atomic E-state index is 0.0701. The average molecular weight is 342 g/mol. The minimum atomic E-state index is -4.62. The molecule has 0 spiro atoms. The molecule has 19 heavy (non-hydrogen) atoms. The number of carboxylic acids is 1. The molecule has 106 valence electrons. The predicted octanol–water partition coefficient (Wildman–Crippen LogP) is 2.95. The maximum atomic E-state index is 12.9. The van der Waals surface area contributed by atoms with E-state index < -0.39 is 30.2 Å². The molecule has 0 aromatic heterocycles. The van der Waals surface area contributed by atoms with Crippen molar-refractivity contribution in [2.45, 2.75) is 18.6 Å². The Bertz CT molecular complexity index is 491. The van der Waals surface area contributed by atoms with Gasteiger partial charge in [0.05, 0.1) is 23.6 Å². The van der Waals surface area contributed by atoms with Crippen LogP contribution in [0.2, 0.25) is 0 Å². The highest BCUT2D eigenvalue weighted by molar-refractivity contribution is 9.10. The van der Waals surface area contributed by atoms with Crippen molar-refractivity contribution in [1.29, 1.82) is 0 Å². The molecule has 1 aromatic carbocycles. The summed E-state index contributed by atoms with van der Waals surface area (Å²) >= 11 is 2.96. The molecule has 1 unspecified atom stereocenters. The van der Waals surface area contributed by atoms with Gasteiger partial charge >= 0.3 is 12.1 Å². The molecule has 1 atom stereocenters. The number of methoxy groups -OCH3 is 1. The van der Waals surface area contributed by atoms with Gasteiger partial charge in [0, 0.05) is 6.04 Å². The molecule has 0 saturated carbocycles. The summed E-state index contributed by atoms with van der Waals surface area (Å²) in [5.74, 6) is -1.55. The van der Waals surface area contributed by atoms with Gasteiger partial charge in [-0.25, -0.2) is 0 Å². The van der Waals surface area contributed by atoms with Crippen molar-refractivity contribution in [2.75, 3.05) is 7.11 Å². The van der Waals surface area contributed by atoms with Crippen molar-refractivity contribution in [3.05, 3.63) is 27.7 Å².